The molecule has 2 aromatic carbocycles. The smallest absolute Gasteiger partial charge is 0.257 e. The minimum absolute atomic E-state index is 0.190. The molecule has 0 aliphatic rings. The van der Waals surface area contributed by atoms with Gasteiger partial charge in [-0.15, -0.1) is 0 Å². The fourth-order valence-electron chi connectivity index (χ4n) is 2.52. The molecule has 6 nitrogen and oxygen atoms in total. The molecule has 0 fully saturated rings. The summed E-state index contributed by atoms with van der Waals surface area (Å²) in [6.45, 7) is 0.655. The van der Waals surface area contributed by atoms with Crippen molar-refractivity contribution in [2.24, 2.45) is 0 Å². The first-order valence-corrected chi connectivity index (χ1v) is 8.12. The monoisotopic (exact) mass is 335 g/mol. The minimum Gasteiger partial charge on any atom is -0.322 e. The predicted molar refractivity (Wildman–Crippen MR) is 93.1 cm³/mol. The Morgan fingerprint density at radius 3 is 2.92 bits per heavy atom. The number of hydrogen-bond donors (Lipinski definition) is 1. The van der Waals surface area contributed by atoms with Crippen molar-refractivity contribution in [3.8, 4) is 0 Å². The first-order valence-electron chi connectivity index (χ1n) is 7.38. The Hall–Kier alpha value is -3.06. The van der Waals surface area contributed by atoms with Gasteiger partial charge in [-0.05, 0) is 35.9 Å². The molecule has 2 heterocycles. The second-order valence-electron chi connectivity index (χ2n) is 5.30. The van der Waals surface area contributed by atoms with Crippen LogP contribution in [0.2, 0.25) is 0 Å². The van der Waals surface area contributed by atoms with Crippen molar-refractivity contribution in [2.45, 2.75) is 6.54 Å². The summed E-state index contributed by atoms with van der Waals surface area (Å²) in [6, 6.07) is 15.0. The lowest BCUT2D eigenvalue weighted by Gasteiger charge is -2.08. The van der Waals surface area contributed by atoms with Crippen LogP contribution in [0.4, 0.5) is 5.69 Å². The quantitative estimate of drug-likeness (QED) is 0.622. The molecule has 0 saturated carbocycles. The van der Waals surface area contributed by atoms with Gasteiger partial charge in [-0.2, -0.15) is 13.8 Å². The van der Waals surface area contributed by atoms with Crippen LogP contribution in [-0.2, 0) is 6.54 Å². The van der Waals surface area contributed by atoms with E-state index in [4.69, 9.17) is 0 Å². The summed E-state index contributed by atoms with van der Waals surface area (Å²) in [4.78, 5) is 12.6. The number of fused-ring (bicyclic) bond motifs is 1. The molecule has 0 atom stereocenters. The van der Waals surface area contributed by atoms with E-state index in [0.29, 0.717) is 17.6 Å². The van der Waals surface area contributed by atoms with E-state index < -0.39 is 0 Å². The molecule has 0 aliphatic carbocycles. The Morgan fingerprint density at radius 1 is 1.12 bits per heavy atom. The maximum Gasteiger partial charge on any atom is 0.257 e. The van der Waals surface area contributed by atoms with Gasteiger partial charge in [0.1, 0.15) is 11.0 Å². The SMILES string of the molecule is O=C(Nc1cccc(Cn2cccn2)c1)c1cccc2nsnc12. The van der Waals surface area contributed by atoms with Gasteiger partial charge < -0.3 is 5.32 Å². The lowest BCUT2D eigenvalue weighted by Crippen LogP contribution is -2.12. The molecule has 0 bridgehead atoms. The Labute approximate surface area is 142 Å². The normalized spacial score (nSPS) is 10.8. The highest BCUT2D eigenvalue weighted by molar-refractivity contribution is 7.00. The van der Waals surface area contributed by atoms with Gasteiger partial charge in [-0.25, -0.2) is 0 Å². The fraction of sp³-hybridized carbons (Fsp3) is 0.0588. The van der Waals surface area contributed by atoms with E-state index in [9.17, 15) is 4.79 Å². The average molecular weight is 335 g/mol. The molecule has 1 amide bonds. The minimum atomic E-state index is -0.190. The van der Waals surface area contributed by atoms with Crippen LogP contribution in [-0.4, -0.2) is 24.4 Å². The van der Waals surface area contributed by atoms with E-state index in [2.05, 4.69) is 19.2 Å². The Morgan fingerprint density at radius 2 is 2.04 bits per heavy atom. The number of aromatic nitrogens is 4. The molecule has 4 rings (SSSR count). The third kappa shape index (κ3) is 2.89. The van der Waals surface area contributed by atoms with Crippen molar-refractivity contribution >= 4 is 34.4 Å². The van der Waals surface area contributed by atoms with Crippen LogP contribution in [0.1, 0.15) is 15.9 Å². The number of carbonyl (C=O) groups excluding carboxylic acids is 1. The molecular formula is C17H13N5OS. The van der Waals surface area contributed by atoms with Crippen molar-refractivity contribution in [2.75, 3.05) is 5.32 Å². The second-order valence-corrected chi connectivity index (χ2v) is 5.82. The van der Waals surface area contributed by atoms with Gasteiger partial charge in [0.2, 0.25) is 0 Å². The largest absolute Gasteiger partial charge is 0.322 e. The summed E-state index contributed by atoms with van der Waals surface area (Å²) >= 11 is 1.11. The first kappa shape index (κ1) is 14.5. The highest BCUT2D eigenvalue weighted by Gasteiger charge is 2.13. The number of nitrogens with one attached hydrogen (secondary N) is 1. The van der Waals surface area contributed by atoms with Gasteiger partial charge in [0, 0.05) is 18.1 Å². The van der Waals surface area contributed by atoms with E-state index in [1.54, 1.807) is 12.3 Å². The summed E-state index contributed by atoms with van der Waals surface area (Å²) < 4.78 is 10.2. The molecule has 0 spiro atoms. The Balaban J connectivity index is 1.56. The zero-order chi connectivity index (χ0) is 16.4. The number of anilines is 1. The molecule has 2 aromatic heterocycles. The summed E-state index contributed by atoms with van der Waals surface area (Å²) in [7, 11) is 0. The van der Waals surface area contributed by atoms with Gasteiger partial charge in [0.05, 0.1) is 23.8 Å². The molecular weight excluding hydrogens is 322 g/mol. The van der Waals surface area contributed by atoms with E-state index in [0.717, 1.165) is 28.5 Å². The first-order chi connectivity index (χ1) is 11.8. The van der Waals surface area contributed by atoms with Crippen LogP contribution in [0.5, 0.6) is 0 Å². The number of carbonyl (C=O) groups is 1. The van der Waals surface area contributed by atoms with Crippen molar-refractivity contribution in [1.29, 1.82) is 0 Å². The Bertz CT molecular complexity index is 993. The topological polar surface area (TPSA) is 72.7 Å². The summed E-state index contributed by atoms with van der Waals surface area (Å²) in [6.07, 6.45) is 3.65. The zero-order valence-corrected chi connectivity index (χ0v) is 13.4. The van der Waals surface area contributed by atoms with Crippen LogP contribution < -0.4 is 5.32 Å². The van der Waals surface area contributed by atoms with Crippen molar-refractivity contribution in [3.05, 3.63) is 72.1 Å². The van der Waals surface area contributed by atoms with Gasteiger partial charge >= 0.3 is 0 Å². The van der Waals surface area contributed by atoms with Gasteiger partial charge in [0.15, 0.2) is 0 Å². The molecule has 4 aromatic rings. The van der Waals surface area contributed by atoms with E-state index in [1.165, 1.54) is 0 Å². The average Bonchev–Trinajstić information content (AvgIpc) is 3.25. The van der Waals surface area contributed by atoms with Crippen LogP contribution in [0, 0.1) is 0 Å². The highest BCUT2D eigenvalue weighted by Crippen LogP contribution is 2.19. The van der Waals surface area contributed by atoms with E-state index in [-0.39, 0.29) is 5.91 Å². The van der Waals surface area contributed by atoms with Crippen molar-refractivity contribution < 1.29 is 4.79 Å². The summed E-state index contributed by atoms with van der Waals surface area (Å²) in [5, 5.41) is 7.12. The van der Waals surface area contributed by atoms with Gasteiger partial charge in [0.25, 0.3) is 5.91 Å². The maximum atomic E-state index is 12.6. The molecule has 1 N–H and O–H groups in total. The molecule has 0 unspecified atom stereocenters. The van der Waals surface area contributed by atoms with Crippen LogP contribution in [0.15, 0.2) is 60.9 Å². The van der Waals surface area contributed by atoms with Crippen LogP contribution in [0.25, 0.3) is 11.0 Å². The predicted octanol–water partition coefficient (Wildman–Crippen LogP) is 3.19. The number of amides is 1. The molecule has 0 aliphatic heterocycles. The maximum absolute atomic E-state index is 12.6. The molecule has 0 saturated heterocycles. The summed E-state index contributed by atoms with van der Waals surface area (Å²) in [5.41, 5.74) is 3.70. The van der Waals surface area contributed by atoms with Gasteiger partial charge in [-0.1, -0.05) is 18.2 Å². The molecule has 0 radical (unpaired) electrons. The number of rotatable bonds is 4. The lowest BCUT2D eigenvalue weighted by atomic mass is 10.1. The third-order valence-corrected chi connectivity index (χ3v) is 4.16. The van der Waals surface area contributed by atoms with Gasteiger partial charge in [-0.3, -0.25) is 9.48 Å². The third-order valence-electron chi connectivity index (χ3n) is 3.62. The second kappa shape index (κ2) is 6.21. The lowest BCUT2D eigenvalue weighted by molar-refractivity contribution is 0.102. The van der Waals surface area contributed by atoms with E-state index >= 15 is 0 Å². The van der Waals surface area contributed by atoms with E-state index in [1.807, 2.05) is 53.3 Å². The number of hydrogen-bond acceptors (Lipinski definition) is 5. The molecule has 7 heteroatoms. The number of nitrogens with zero attached hydrogens (tertiary/aromatic N) is 4. The number of benzene rings is 2. The standard InChI is InChI=1S/C17H13N5OS/c23-17(14-6-2-7-15-16(14)21-24-20-15)19-13-5-1-4-12(10-13)11-22-9-3-8-18-22/h1-10H,11H2,(H,19,23). The molecule has 118 valence electrons. The fourth-order valence-corrected chi connectivity index (χ4v) is 3.07. The molecule has 24 heavy (non-hydrogen) atoms. The van der Waals surface area contributed by atoms with Crippen LogP contribution >= 0.6 is 11.7 Å². The summed E-state index contributed by atoms with van der Waals surface area (Å²) in [5.74, 6) is -0.190. The van der Waals surface area contributed by atoms with Crippen molar-refractivity contribution in [3.63, 3.8) is 0 Å². The zero-order valence-electron chi connectivity index (χ0n) is 12.6. The Kier molecular flexibility index (Phi) is 3.76. The van der Waals surface area contributed by atoms with Crippen LogP contribution in [0.3, 0.4) is 0 Å². The van der Waals surface area contributed by atoms with Crippen molar-refractivity contribution in [1.82, 2.24) is 18.5 Å². The highest BCUT2D eigenvalue weighted by atomic mass is 32.1.